The fraction of sp³-hybridized carbons (Fsp3) is 0.160. The summed E-state index contributed by atoms with van der Waals surface area (Å²) in [7, 11) is 0. The lowest BCUT2D eigenvalue weighted by Crippen LogP contribution is -2.25. The van der Waals surface area contributed by atoms with Gasteiger partial charge in [-0.05, 0) is 35.9 Å². The lowest BCUT2D eigenvalue weighted by molar-refractivity contribution is -0.137. The van der Waals surface area contributed by atoms with Gasteiger partial charge in [0.25, 0.3) is 0 Å². The number of fused-ring (bicyclic) bond motifs is 1. The molecule has 0 aliphatic rings. The van der Waals surface area contributed by atoms with E-state index in [1.165, 1.54) is 12.1 Å². The van der Waals surface area contributed by atoms with Crippen molar-refractivity contribution < 1.29 is 18.0 Å². The number of aromatic nitrogens is 2. The van der Waals surface area contributed by atoms with Crippen molar-refractivity contribution in [2.24, 2.45) is 0 Å². The van der Waals surface area contributed by atoms with Gasteiger partial charge in [0.15, 0.2) is 5.82 Å². The fourth-order valence-corrected chi connectivity index (χ4v) is 3.56. The van der Waals surface area contributed by atoms with Crippen molar-refractivity contribution in [3.8, 4) is 11.4 Å². The first-order valence-electron chi connectivity index (χ1n) is 10.5. The molecule has 0 bridgehead atoms. The van der Waals surface area contributed by atoms with Gasteiger partial charge in [0.2, 0.25) is 5.91 Å². The van der Waals surface area contributed by atoms with E-state index in [0.29, 0.717) is 27.7 Å². The molecule has 0 fully saturated rings. The molecule has 4 aromatic rings. The van der Waals surface area contributed by atoms with Gasteiger partial charge in [-0.2, -0.15) is 13.2 Å². The van der Waals surface area contributed by atoms with Crippen LogP contribution in [-0.2, 0) is 17.5 Å². The Labute approximate surface area is 199 Å². The highest BCUT2D eigenvalue weighted by molar-refractivity contribution is 6.31. The van der Waals surface area contributed by atoms with E-state index in [9.17, 15) is 18.0 Å². The summed E-state index contributed by atoms with van der Waals surface area (Å²) in [5, 5.41) is 7.13. The Kier molecular flexibility index (Phi) is 6.98. The Hall–Kier alpha value is -3.65. The van der Waals surface area contributed by atoms with Crippen molar-refractivity contribution in [2.75, 3.05) is 11.9 Å². The van der Waals surface area contributed by atoms with Crippen molar-refractivity contribution in [1.29, 1.82) is 0 Å². The van der Waals surface area contributed by atoms with Crippen LogP contribution in [0.2, 0.25) is 5.02 Å². The average molecular weight is 485 g/mol. The number of nitrogens with one attached hydrogen (secondary N) is 2. The van der Waals surface area contributed by atoms with Gasteiger partial charge >= 0.3 is 6.18 Å². The molecule has 0 unspecified atom stereocenters. The molecular formula is C25H20ClF3N4O. The van der Waals surface area contributed by atoms with Crippen LogP contribution in [0.15, 0.2) is 72.8 Å². The molecule has 1 aromatic heterocycles. The van der Waals surface area contributed by atoms with Gasteiger partial charge in [-0.3, -0.25) is 4.79 Å². The zero-order chi connectivity index (χ0) is 24.1. The van der Waals surface area contributed by atoms with Crippen LogP contribution >= 0.6 is 11.6 Å². The maximum absolute atomic E-state index is 12.9. The van der Waals surface area contributed by atoms with E-state index in [-0.39, 0.29) is 25.4 Å². The van der Waals surface area contributed by atoms with E-state index >= 15 is 0 Å². The van der Waals surface area contributed by atoms with Gasteiger partial charge in [0.05, 0.1) is 11.1 Å². The molecular weight excluding hydrogens is 465 g/mol. The van der Waals surface area contributed by atoms with E-state index in [4.69, 9.17) is 11.6 Å². The third-order valence-corrected chi connectivity index (χ3v) is 5.31. The molecule has 9 heteroatoms. The number of nitrogens with zero attached hydrogens (tertiary/aromatic N) is 2. The number of hydrogen-bond donors (Lipinski definition) is 2. The number of carbonyl (C=O) groups excluding carboxylic acids is 1. The summed E-state index contributed by atoms with van der Waals surface area (Å²) in [4.78, 5) is 21.5. The van der Waals surface area contributed by atoms with Crippen LogP contribution in [0.3, 0.4) is 0 Å². The normalized spacial score (nSPS) is 11.4. The zero-order valence-corrected chi connectivity index (χ0v) is 18.6. The smallest absolute Gasteiger partial charge is 0.369 e. The Morgan fingerprint density at radius 1 is 0.941 bits per heavy atom. The topological polar surface area (TPSA) is 66.9 Å². The highest BCUT2D eigenvalue weighted by atomic mass is 35.5. The summed E-state index contributed by atoms with van der Waals surface area (Å²) in [6, 6.07) is 19.7. The lowest BCUT2D eigenvalue weighted by Gasteiger charge is -2.12. The van der Waals surface area contributed by atoms with Gasteiger partial charge in [-0.1, -0.05) is 54.1 Å². The molecule has 3 aromatic carbocycles. The molecule has 174 valence electrons. The highest BCUT2D eigenvalue weighted by Crippen LogP contribution is 2.30. The molecule has 0 saturated carbocycles. The summed E-state index contributed by atoms with van der Waals surface area (Å²) >= 11 is 6.14. The van der Waals surface area contributed by atoms with E-state index in [0.717, 1.165) is 23.1 Å². The third kappa shape index (κ3) is 5.82. The molecule has 4 rings (SSSR count). The van der Waals surface area contributed by atoms with Gasteiger partial charge < -0.3 is 10.6 Å². The van der Waals surface area contributed by atoms with E-state index in [2.05, 4.69) is 20.6 Å². The van der Waals surface area contributed by atoms with Crippen LogP contribution < -0.4 is 10.6 Å². The van der Waals surface area contributed by atoms with Crippen molar-refractivity contribution in [3.05, 3.63) is 88.9 Å². The summed E-state index contributed by atoms with van der Waals surface area (Å²) in [6.07, 6.45) is -4.31. The second-order valence-electron chi connectivity index (χ2n) is 7.57. The molecule has 0 aliphatic carbocycles. The minimum absolute atomic E-state index is 0.00977. The third-order valence-electron chi connectivity index (χ3n) is 5.08. The summed E-state index contributed by atoms with van der Waals surface area (Å²) < 4.78 is 38.6. The summed E-state index contributed by atoms with van der Waals surface area (Å²) in [5.41, 5.74) is 1.14. The summed E-state index contributed by atoms with van der Waals surface area (Å²) in [5.74, 6) is 0.785. The molecule has 0 radical (unpaired) electrons. The number of hydrogen-bond acceptors (Lipinski definition) is 4. The Balaban J connectivity index is 1.42. The van der Waals surface area contributed by atoms with Gasteiger partial charge in [-0.25, -0.2) is 9.97 Å². The maximum atomic E-state index is 12.9. The fourth-order valence-electron chi connectivity index (χ4n) is 3.39. The van der Waals surface area contributed by atoms with Crippen LogP contribution in [0.4, 0.5) is 19.0 Å². The number of benzene rings is 3. The first kappa shape index (κ1) is 23.5. The summed E-state index contributed by atoms with van der Waals surface area (Å²) in [6.45, 7) is 0.285. The predicted octanol–water partition coefficient (Wildman–Crippen LogP) is 6.09. The van der Waals surface area contributed by atoms with Crippen molar-refractivity contribution in [1.82, 2.24) is 15.3 Å². The molecule has 1 amide bonds. The number of alkyl halides is 3. The minimum atomic E-state index is -4.42. The van der Waals surface area contributed by atoms with Crippen LogP contribution in [0.5, 0.6) is 0 Å². The van der Waals surface area contributed by atoms with E-state index in [1.54, 1.807) is 12.1 Å². The highest BCUT2D eigenvalue weighted by Gasteiger charge is 2.30. The maximum Gasteiger partial charge on any atom is 0.416 e. The van der Waals surface area contributed by atoms with E-state index < -0.39 is 11.7 Å². The molecule has 34 heavy (non-hydrogen) atoms. The first-order valence-corrected chi connectivity index (χ1v) is 10.9. The monoisotopic (exact) mass is 484 g/mol. The van der Waals surface area contributed by atoms with Crippen LogP contribution in [0.25, 0.3) is 22.3 Å². The Bertz CT molecular complexity index is 1310. The van der Waals surface area contributed by atoms with E-state index in [1.807, 2.05) is 36.4 Å². The van der Waals surface area contributed by atoms with Gasteiger partial charge in [0.1, 0.15) is 5.82 Å². The number of anilines is 1. The molecule has 0 atom stereocenters. The first-order chi connectivity index (χ1) is 16.3. The number of rotatable bonds is 7. The van der Waals surface area contributed by atoms with Crippen LogP contribution in [-0.4, -0.2) is 22.4 Å². The second-order valence-corrected chi connectivity index (χ2v) is 8.01. The standard InChI is InChI=1S/C25H20ClF3N4O/c26-19-9-10-20-21(14-19)32-23(17-6-2-1-3-7-17)33-24(20)30-12-11-22(34)31-15-16-5-4-8-18(13-16)25(27,28)29/h1-10,13-14H,11-12,15H2,(H,31,34)(H,30,32,33). The van der Waals surface area contributed by atoms with Gasteiger partial charge in [-0.15, -0.1) is 0 Å². The molecule has 0 aliphatic heterocycles. The second kappa shape index (κ2) is 10.1. The van der Waals surface area contributed by atoms with Gasteiger partial charge in [0, 0.05) is 35.5 Å². The largest absolute Gasteiger partial charge is 0.416 e. The predicted molar refractivity (Wildman–Crippen MR) is 126 cm³/mol. The van der Waals surface area contributed by atoms with Crippen LogP contribution in [0, 0.1) is 0 Å². The Morgan fingerprint density at radius 3 is 2.50 bits per heavy atom. The minimum Gasteiger partial charge on any atom is -0.369 e. The molecule has 1 heterocycles. The number of amides is 1. The Morgan fingerprint density at radius 2 is 1.74 bits per heavy atom. The SMILES string of the molecule is O=C(CCNc1nc(-c2ccccc2)nc2cc(Cl)ccc12)NCc1cccc(C(F)(F)F)c1. The van der Waals surface area contributed by atoms with Crippen molar-refractivity contribution in [2.45, 2.75) is 19.1 Å². The molecule has 2 N–H and O–H groups in total. The number of carbonyl (C=O) groups is 1. The van der Waals surface area contributed by atoms with Crippen LogP contribution in [0.1, 0.15) is 17.5 Å². The van der Waals surface area contributed by atoms with Crippen molar-refractivity contribution >= 4 is 34.2 Å². The number of halogens is 4. The lowest BCUT2D eigenvalue weighted by atomic mass is 10.1. The molecule has 0 spiro atoms. The average Bonchev–Trinajstić information content (AvgIpc) is 2.82. The van der Waals surface area contributed by atoms with Crippen molar-refractivity contribution in [3.63, 3.8) is 0 Å². The molecule has 0 saturated heterocycles. The quantitative estimate of drug-likeness (QED) is 0.333. The zero-order valence-electron chi connectivity index (χ0n) is 17.9. The molecule has 5 nitrogen and oxygen atoms in total.